The van der Waals surface area contributed by atoms with E-state index in [1.54, 1.807) is 28.9 Å². The summed E-state index contributed by atoms with van der Waals surface area (Å²) in [5, 5.41) is 22.9. The molecular formula is C23H24N6O. The summed E-state index contributed by atoms with van der Waals surface area (Å²) >= 11 is 0. The number of aromatic nitrogens is 2. The molecule has 0 aliphatic carbocycles. The lowest BCUT2D eigenvalue weighted by molar-refractivity contribution is 0.262. The van der Waals surface area contributed by atoms with E-state index in [1.165, 1.54) is 5.56 Å². The highest BCUT2D eigenvalue weighted by atomic mass is 16.2. The number of nitrogens with zero attached hydrogens (tertiary/aromatic N) is 3. The minimum Gasteiger partial charge on any atom is -0.384 e. The quantitative estimate of drug-likeness (QED) is 0.596. The van der Waals surface area contributed by atoms with E-state index in [9.17, 15) is 4.79 Å². The van der Waals surface area contributed by atoms with Crippen LogP contribution < -0.4 is 16.0 Å². The van der Waals surface area contributed by atoms with E-state index >= 15 is 0 Å². The van der Waals surface area contributed by atoms with E-state index in [1.807, 2.05) is 12.1 Å². The van der Waals surface area contributed by atoms with Gasteiger partial charge in [-0.05, 0) is 42.3 Å². The van der Waals surface area contributed by atoms with Gasteiger partial charge in [0.25, 0.3) is 0 Å². The van der Waals surface area contributed by atoms with Crippen molar-refractivity contribution >= 4 is 23.2 Å². The lowest BCUT2D eigenvalue weighted by Gasteiger charge is -2.14. The number of hydrogen-bond acceptors (Lipinski definition) is 4. The van der Waals surface area contributed by atoms with E-state index < -0.39 is 6.03 Å². The number of carbonyl (C=O) groups excluding carboxylic acids is 1. The van der Waals surface area contributed by atoms with Gasteiger partial charge in [0.05, 0.1) is 23.0 Å². The average Bonchev–Trinajstić information content (AvgIpc) is 3.34. The molecule has 30 heavy (non-hydrogen) atoms. The van der Waals surface area contributed by atoms with Crippen molar-refractivity contribution in [3.63, 3.8) is 0 Å². The number of amides is 2. The highest BCUT2D eigenvalue weighted by molar-refractivity contribution is 5.99. The summed E-state index contributed by atoms with van der Waals surface area (Å²) in [4.78, 5) is 12.7. The summed E-state index contributed by atoms with van der Waals surface area (Å²) < 4.78 is 1.76. The molecule has 0 saturated heterocycles. The van der Waals surface area contributed by atoms with E-state index in [0.29, 0.717) is 17.1 Å². The zero-order valence-corrected chi connectivity index (χ0v) is 17.3. The van der Waals surface area contributed by atoms with Crippen LogP contribution in [0.2, 0.25) is 0 Å². The van der Waals surface area contributed by atoms with Gasteiger partial charge >= 0.3 is 6.03 Å². The number of benzene rings is 2. The summed E-state index contributed by atoms with van der Waals surface area (Å²) in [6.07, 6.45) is 1.01. The summed E-state index contributed by atoms with van der Waals surface area (Å²) in [5.74, 6) is 0.576. The zero-order valence-electron chi connectivity index (χ0n) is 17.3. The minimum atomic E-state index is -0.397. The molecule has 0 saturated carbocycles. The maximum Gasteiger partial charge on any atom is 0.324 e. The van der Waals surface area contributed by atoms with Crippen molar-refractivity contribution in [3.05, 3.63) is 65.4 Å². The fraction of sp³-hybridized carbons (Fsp3) is 0.261. The largest absolute Gasteiger partial charge is 0.384 e. The summed E-state index contributed by atoms with van der Waals surface area (Å²) in [6, 6.07) is 16.5. The minimum absolute atomic E-state index is 0.172. The van der Waals surface area contributed by atoms with Crippen LogP contribution in [0.3, 0.4) is 0 Å². The van der Waals surface area contributed by atoms with Crippen LogP contribution in [0.1, 0.15) is 37.6 Å². The number of fused-ring (bicyclic) bond motifs is 1. The van der Waals surface area contributed by atoms with Gasteiger partial charge in [-0.2, -0.15) is 10.4 Å². The predicted molar refractivity (Wildman–Crippen MR) is 118 cm³/mol. The molecular weight excluding hydrogens is 376 g/mol. The van der Waals surface area contributed by atoms with Gasteiger partial charge in [-0.1, -0.05) is 32.9 Å². The zero-order chi connectivity index (χ0) is 21.3. The molecule has 1 aromatic heterocycles. The van der Waals surface area contributed by atoms with E-state index in [4.69, 9.17) is 10.4 Å². The Bertz CT molecular complexity index is 1150. The average molecular weight is 400 g/mol. The van der Waals surface area contributed by atoms with Crippen LogP contribution in [-0.4, -0.2) is 22.4 Å². The standard InChI is InChI=1S/C23H24N6O/c1-23(2,3)20-13-21(27-22(30)26-17-6-4-5-15(11-17)14-24)29(28-20)18-8-7-16-9-10-25-19(16)12-18/h4-8,11-13,25H,9-10H2,1-3H3,(H2,26,27,30). The van der Waals surface area contributed by atoms with Crippen molar-refractivity contribution in [1.82, 2.24) is 9.78 Å². The van der Waals surface area contributed by atoms with Crippen LogP contribution in [0.5, 0.6) is 0 Å². The number of hydrogen-bond donors (Lipinski definition) is 3. The molecule has 1 aliphatic rings. The highest BCUT2D eigenvalue weighted by Crippen LogP contribution is 2.30. The van der Waals surface area contributed by atoms with Gasteiger partial charge < -0.3 is 10.6 Å². The maximum absolute atomic E-state index is 12.7. The summed E-state index contributed by atoms with van der Waals surface area (Å²) in [6.45, 7) is 7.18. The van der Waals surface area contributed by atoms with E-state index in [-0.39, 0.29) is 5.41 Å². The van der Waals surface area contributed by atoms with Gasteiger partial charge in [-0.25, -0.2) is 9.48 Å². The Hall–Kier alpha value is -3.79. The molecule has 2 aromatic carbocycles. The Morgan fingerprint density at radius 2 is 2.00 bits per heavy atom. The molecule has 7 heteroatoms. The first-order valence-electron chi connectivity index (χ1n) is 9.89. The van der Waals surface area contributed by atoms with E-state index in [2.05, 4.69) is 54.9 Å². The van der Waals surface area contributed by atoms with Crippen molar-refractivity contribution in [2.24, 2.45) is 0 Å². The summed E-state index contributed by atoms with van der Waals surface area (Å²) in [7, 11) is 0. The maximum atomic E-state index is 12.7. The molecule has 4 rings (SSSR count). The van der Waals surface area contributed by atoms with Gasteiger partial charge in [-0.15, -0.1) is 0 Å². The number of nitriles is 1. The Kier molecular flexibility index (Phi) is 4.92. The Morgan fingerprint density at radius 3 is 2.77 bits per heavy atom. The monoisotopic (exact) mass is 400 g/mol. The molecule has 152 valence electrons. The Labute approximate surface area is 175 Å². The molecule has 2 amide bonds. The molecule has 0 spiro atoms. The van der Waals surface area contributed by atoms with Crippen molar-refractivity contribution in [1.29, 1.82) is 5.26 Å². The van der Waals surface area contributed by atoms with Gasteiger partial charge in [0.15, 0.2) is 0 Å². The molecule has 3 N–H and O–H groups in total. The summed E-state index contributed by atoms with van der Waals surface area (Å²) in [5.41, 5.74) is 5.00. The lowest BCUT2D eigenvalue weighted by Crippen LogP contribution is -2.21. The van der Waals surface area contributed by atoms with E-state index in [0.717, 1.165) is 30.0 Å². The third-order valence-corrected chi connectivity index (χ3v) is 5.02. The smallest absolute Gasteiger partial charge is 0.324 e. The third-order valence-electron chi connectivity index (χ3n) is 5.02. The second-order valence-electron chi connectivity index (χ2n) is 8.37. The van der Waals surface area contributed by atoms with Crippen molar-refractivity contribution < 1.29 is 4.79 Å². The van der Waals surface area contributed by atoms with Crippen LogP contribution >= 0.6 is 0 Å². The Morgan fingerprint density at radius 1 is 1.17 bits per heavy atom. The van der Waals surface area contributed by atoms with Gasteiger partial charge in [-0.3, -0.25) is 5.32 Å². The number of rotatable bonds is 3. The van der Waals surface area contributed by atoms with Crippen molar-refractivity contribution in [2.75, 3.05) is 22.5 Å². The molecule has 0 radical (unpaired) electrons. The first-order valence-corrected chi connectivity index (χ1v) is 9.89. The van der Waals surface area contributed by atoms with Gasteiger partial charge in [0, 0.05) is 29.4 Å². The molecule has 7 nitrogen and oxygen atoms in total. The highest BCUT2D eigenvalue weighted by Gasteiger charge is 2.22. The topological polar surface area (TPSA) is 94.8 Å². The normalized spacial score (nSPS) is 12.6. The van der Waals surface area contributed by atoms with Gasteiger partial charge in [0.2, 0.25) is 0 Å². The third kappa shape index (κ3) is 3.98. The number of anilines is 3. The molecule has 2 heterocycles. The molecule has 1 aliphatic heterocycles. The van der Waals surface area contributed by atoms with Gasteiger partial charge in [0.1, 0.15) is 5.82 Å². The predicted octanol–water partition coefficient (Wildman–Crippen LogP) is 4.65. The number of carbonyl (C=O) groups is 1. The first kappa shape index (κ1) is 19.5. The van der Waals surface area contributed by atoms with Crippen LogP contribution in [0.25, 0.3) is 5.69 Å². The Balaban J connectivity index is 1.64. The van der Waals surface area contributed by atoms with Crippen LogP contribution in [0.15, 0.2) is 48.5 Å². The van der Waals surface area contributed by atoms with Crippen LogP contribution in [-0.2, 0) is 11.8 Å². The number of urea groups is 1. The van der Waals surface area contributed by atoms with Crippen LogP contribution in [0.4, 0.5) is 22.0 Å². The fourth-order valence-corrected chi connectivity index (χ4v) is 3.39. The van der Waals surface area contributed by atoms with Crippen LogP contribution in [0, 0.1) is 11.3 Å². The second kappa shape index (κ2) is 7.56. The first-order chi connectivity index (χ1) is 14.3. The SMILES string of the molecule is CC(C)(C)c1cc(NC(=O)Nc2cccc(C#N)c2)n(-c2ccc3c(c2)NCC3)n1. The lowest BCUT2D eigenvalue weighted by atomic mass is 9.92. The molecule has 3 aromatic rings. The molecule has 0 bridgehead atoms. The molecule has 0 fully saturated rings. The van der Waals surface area contributed by atoms with Crippen molar-refractivity contribution in [2.45, 2.75) is 32.6 Å². The van der Waals surface area contributed by atoms with Crippen molar-refractivity contribution in [3.8, 4) is 11.8 Å². The molecule has 0 atom stereocenters. The fourth-order valence-electron chi connectivity index (χ4n) is 3.39. The molecule has 0 unspecified atom stereocenters. The second-order valence-corrected chi connectivity index (χ2v) is 8.37. The number of nitrogens with one attached hydrogen (secondary N) is 3.